The van der Waals surface area contributed by atoms with Crippen LogP contribution in [0.5, 0.6) is 0 Å². The Labute approximate surface area is 110 Å². The predicted molar refractivity (Wildman–Crippen MR) is 74.3 cm³/mol. The minimum absolute atomic E-state index is 0.133. The summed E-state index contributed by atoms with van der Waals surface area (Å²) in [4.78, 5) is 0. The highest BCUT2D eigenvalue weighted by Crippen LogP contribution is 2.29. The third-order valence-corrected chi connectivity index (χ3v) is 3.56. The molecule has 0 saturated heterocycles. The minimum atomic E-state index is -0.215. The van der Waals surface area contributed by atoms with Crippen LogP contribution < -0.4 is 5.73 Å². The molecule has 1 aromatic heterocycles. The highest BCUT2D eigenvalue weighted by atomic mass is 16.3. The van der Waals surface area contributed by atoms with Gasteiger partial charge in [0.05, 0.1) is 12.3 Å². The monoisotopic (exact) mass is 253 g/mol. The van der Waals surface area contributed by atoms with E-state index in [1.54, 1.807) is 0 Å². The lowest BCUT2D eigenvalue weighted by Gasteiger charge is -2.32. The molecule has 0 aliphatic rings. The number of aliphatic hydroxyl groups excluding tert-OH is 1. The molecule has 4 nitrogen and oxygen atoms in total. The van der Waals surface area contributed by atoms with Crippen molar-refractivity contribution in [3.8, 4) is 0 Å². The first-order valence-corrected chi connectivity index (χ1v) is 6.79. The molecule has 18 heavy (non-hydrogen) atoms. The predicted octanol–water partition coefficient (Wildman–Crippen LogP) is 1.51. The van der Waals surface area contributed by atoms with E-state index < -0.39 is 0 Å². The Morgan fingerprint density at radius 1 is 1.50 bits per heavy atom. The van der Waals surface area contributed by atoms with E-state index in [4.69, 9.17) is 5.73 Å². The van der Waals surface area contributed by atoms with Crippen LogP contribution in [0.3, 0.4) is 0 Å². The average molecular weight is 253 g/mol. The van der Waals surface area contributed by atoms with E-state index in [1.807, 2.05) is 11.7 Å². The molecule has 0 saturated carbocycles. The summed E-state index contributed by atoms with van der Waals surface area (Å²) in [5, 5.41) is 14.2. The number of nitrogens with zero attached hydrogens (tertiary/aromatic N) is 2. The topological polar surface area (TPSA) is 64.1 Å². The van der Waals surface area contributed by atoms with E-state index >= 15 is 0 Å². The number of hydrogen-bond acceptors (Lipinski definition) is 3. The largest absolute Gasteiger partial charge is 0.396 e. The van der Waals surface area contributed by atoms with Crippen LogP contribution in [-0.4, -0.2) is 28.0 Å². The molecule has 0 fully saturated rings. The fourth-order valence-corrected chi connectivity index (χ4v) is 2.57. The summed E-state index contributed by atoms with van der Waals surface area (Å²) >= 11 is 0. The average Bonchev–Trinajstić information content (AvgIpc) is 2.68. The maximum Gasteiger partial charge on any atom is 0.0624 e. The Balaban J connectivity index is 2.91. The molecule has 0 aliphatic carbocycles. The molecule has 0 spiro atoms. The van der Waals surface area contributed by atoms with Crippen molar-refractivity contribution in [1.82, 2.24) is 9.78 Å². The van der Waals surface area contributed by atoms with Gasteiger partial charge in [0.1, 0.15) is 0 Å². The Bertz CT molecular complexity index is 367. The van der Waals surface area contributed by atoms with Crippen molar-refractivity contribution in [2.45, 2.75) is 40.0 Å². The van der Waals surface area contributed by atoms with Gasteiger partial charge in [0.25, 0.3) is 0 Å². The second kappa shape index (κ2) is 6.34. The molecule has 1 rings (SSSR count). The molecule has 0 amide bonds. The zero-order chi connectivity index (χ0) is 13.8. The first-order chi connectivity index (χ1) is 8.46. The Kier molecular flexibility index (Phi) is 5.35. The van der Waals surface area contributed by atoms with Crippen LogP contribution >= 0.6 is 0 Å². The number of aromatic nitrogens is 2. The summed E-state index contributed by atoms with van der Waals surface area (Å²) in [6.07, 6.45) is 2.67. The van der Waals surface area contributed by atoms with Gasteiger partial charge in [-0.25, -0.2) is 0 Å². The van der Waals surface area contributed by atoms with Crippen molar-refractivity contribution >= 4 is 0 Å². The van der Waals surface area contributed by atoms with Crippen LogP contribution in [0.15, 0.2) is 6.07 Å². The summed E-state index contributed by atoms with van der Waals surface area (Å²) in [5.74, 6) is 0.527. The van der Waals surface area contributed by atoms with Crippen molar-refractivity contribution in [1.29, 1.82) is 0 Å². The van der Waals surface area contributed by atoms with Crippen molar-refractivity contribution in [3.63, 3.8) is 0 Å². The van der Waals surface area contributed by atoms with Crippen molar-refractivity contribution in [2.75, 3.05) is 13.2 Å². The Morgan fingerprint density at radius 2 is 2.17 bits per heavy atom. The van der Waals surface area contributed by atoms with Crippen LogP contribution in [0.25, 0.3) is 0 Å². The molecule has 104 valence electrons. The van der Waals surface area contributed by atoms with Crippen LogP contribution in [0.1, 0.15) is 38.6 Å². The quantitative estimate of drug-likeness (QED) is 0.774. The van der Waals surface area contributed by atoms with Gasteiger partial charge in [0, 0.05) is 24.7 Å². The molecule has 0 bridgehead atoms. The number of aryl methyl sites for hydroxylation is 2. The van der Waals surface area contributed by atoms with Gasteiger partial charge >= 0.3 is 0 Å². The third-order valence-electron chi connectivity index (χ3n) is 3.56. The van der Waals surface area contributed by atoms with Crippen LogP contribution in [0, 0.1) is 11.3 Å². The number of nitrogens with two attached hydrogens (primary N) is 1. The van der Waals surface area contributed by atoms with E-state index in [1.165, 1.54) is 0 Å². The normalized spacial score (nSPS) is 15.1. The van der Waals surface area contributed by atoms with Gasteiger partial charge in [-0.2, -0.15) is 5.10 Å². The zero-order valence-corrected chi connectivity index (χ0v) is 12.1. The lowest BCUT2D eigenvalue weighted by atomic mass is 9.77. The van der Waals surface area contributed by atoms with E-state index in [-0.39, 0.29) is 12.0 Å². The van der Waals surface area contributed by atoms with Gasteiger partial charge in [0.2, 0.25) is 0 Å². The van der Waals surface area contributed by atoms with Crippen molar-refractivity contribution in [3.05, 3.63) is 17.5 Å². The number of hydrogen-bond donors (Lipinski definition) is 2. The Hall–Kier alpha value is -0.870. The maximum absolute atomic E-state index is 9.73. The van der Waals surface area contributed by atoms with Gasteiger partial charge in [-0.1, -0.05) is 20.8 Å². The molecule has 1 heterocycles. The van der Waals surface area contributed by atoms with Crippen molar-refractivity contribution in [2.24, 2.45) is 24.1 Å². The molecule has 0 aliphatic heterocycles. The van der Waals surface area contributed by atoms with Gasteiger partial charge < -0.3 is 10.8 Å². The first kappa shape index (κ1) is 15.2. The van der Waals surface area contributed by atoms with Crippen LogP contribution in [-0.2, 0) is 19.9 Å². The Morgan fingerprint density at radius 3 is 2.56 bits per heavy atom. The van der Waals surface area contributed by atoms with E-state index in [9.17, 15) is 5.11 Å². The van der Waals surface area contributed by atoms with E-state index in [0.717, 1.165) is 30.7 Å². The second-order valence-corrected chi connectivity index (χ2v) is 5.74. The molecule has 1 unspecified atom stereocenters. The summed E-state index contributed by atoms with van der Waals surface area (Å²) in [7, 11) is 1.96. The molecule has 1 atom stereocenters. The zero-order valence-electron chi connectivity index (χ0n) is 12.1. The fraction of sp³-hybridized carbons (Fsp3) is 0.786. The highest BCUT2D eigenvalue weighted by Gasteiger charge is 2.30. The van der Waals surface area contributed by atoms with E-state index in [0.29, 0.717) is 12.5 Å². The lowest BCUT2D eigenvalue weighted by Crippen LogP contribution is -2.38. The highest BCUT2D eigenvalue weighted by molar-refractivity contribution is 5.12. The first-order valence-electron chi connectivity index (χ1n) is 6.79. The summed E-state index contributed by atoms with van der Waals surface area (Å²) in [6.45, 7) is 7.08. The third kappa shape index (κ3) is 3.56. The lowest BCUT2D eigenvalue weighted by molar-refractivity contribution is 0.106. The molecular weight excluding hydrogens is 226 g/mol. The fourth-order valence-electron chi connectivity index (χ4n) is 2.57. The van der Waals surface area contributed by atoms with Gasteiger partial charge in [-0.05, 0) is 31.2 Å². The maximum atomic E-state index is 9.73. The van der Waals surface area contributed by atoms with Crippen LogP contribution in [0.2, 0.25) is 0 Å². The smallest absolute Gasteiger partial charge is 0.0624 e. The molecular formula is C14H27N3O. The van der Waals surface area contributed by atoms with Gasteiger partial charge in [-0.3, -0.25) is 4.68 Å². The molecule has 4 heteroatoms. The molecule has 0 radical (unpaired) electrons. The van der Waals surface area contributed by atoms with Gasteiger partial charge in [-0.15, -0.1) is 0 Å². The van der Waals surface area contributed by atoms with Gasteiger partial charge in [0.15, 0.2) is 0 Å². The van der Waals surface area contributed by atoms with Crippen molar-refractivity contribution < 1.29 is 5.11 Å². The molecule has 3 N–H and O–H groups in total. The summed E-state index contributed by atoms with van der Waals surface area (Å²) in [6, 6.07) is 2.13. The molecule has 0 aromatic carbocycles. The summed E-state index contributed by atoms with van der Waals surface area (Å²) < 4.78 is 1.92. The standard InChI is InChI=1S/C14H27N3O/c1-5-12-6-13(17(4)16-12)8-14(9-15,10-18)7-11(2)3/h6,11,18H,5,7-10,15H2,1-4H3. The van der Waals surface area contributed by atoms with Crippen LogP contribution in [0.4, 0.5) is 0 Å². The van der Waals surface area contributed by atoms with E-state index in [2.05, 4.69) is 31.9 Å². The minimum Gasteiger partial charge on any atom is -0.396 e. The second-order valence-electron chi connectivity index (χ2n) is 5.74. The number of rotatable bonds is 7. The SMILES string of the molecule is CCc1cc(CC(CN)(CO)CC(C)C)n(C)n1. The molecule has 1 aromatic rings. The summed E-state index contributed by atoms with van der Waals surface area (Å²) in [5.41, 5.74) is 7.96. The number of aliphatic hydroxyl groups is 1.